The number of fused-ring (bicyclic) bond motifs is 1. The van der Waals surface area contributed by atoms with E-state index in [-0.39, 0.29) is 11.4 Å². The molecule has 0 fully saturated rings. The van der Waals surface area contributed by atoms with Crippen molar-refractivity contribution in [2.45, 2.75) is 6.04 Å². The number of carbonyl (C=O) groups excluding carboxylic acids is 1. The number of hydrogen-bond donors (Lipinski definition) is 2. The van der Waals surface area contributed by atoms with Crippen molar-refractivity contribution in [3.63, 3.8) is 0 Å². The maximum Gasteiger partial charge on any atom is 0.332 e. The number of benzene rings is 1. The number of hydrogen-bond acceptors (Lipinski definition) is 3. The molecule has 1 atom stereocenters. The molecule has 0 bridgehead atoms. The highest BCUT2D eigenvalue weighted by molar-refractivity contribution is 6.31. The van der Waals surface area contributed by atoms with Crippen molar-refractivity contribution in [2.75, 3.05) is 5.32 Å². The van der Waals surface area contributed by atoms with E-state index in [0.29, 0.717) is 10.6 Å². The predicted octanol–water partition coefficient (Wildman–Crippen LogP) is 0.962. The van der Waals surface area contributed by atoms with E-state index < -0.39 is 23.3 Å². The first kappa shape index (κ1) is 14.4. The number of urea groups is 1. The summed E-state index contributed by atoms with van der Waals surface area (Å²) in [4.78, 5) is 36.4. The second-order valence-corrected chi connectivity index (χ2v) is 5.43. The summed E-state index contributed by atoms with van der Waals surface area (Å²) < 4.78 is 2.24. The number of carbonyl (C=O) groups is 1. The Morgan fingerprint density at radius 3 is 2.45 bits per heavy atom. The molecule has 0 aliphatic carbocycles. The van der Waals surface area contributed by atoms with E-state index in [2.05, 4.69) is 10.6 Å². The number of amides is 2. The van der Waals surface area contributed by atoms with Gasteiger partial charge in [0.25, 0.3) is 5.56 Å². The molecule has 1 aromatic heterocycles. The molecule has 0 radical (unpaired) electrons. The zero-order valence-corrected chi connectivity index (χ0v) is 12.6. The minimum Gasteiger partial charge on any atom is -0.327 e. The fraction of sp³-hybridized carbons (Fsp3) is 0.214. The summed E-state index contributed by atoms with van der Waals surface area (Å²) in [7, 11) is 2.89. The molecule has 2 amide bonds. The molecule has 22 heavy (non-hydrogen) atoms. The van der Waals surface area contributed by atoms with Crippen LogP contribution in [-0.2, 0) is 14.1 Å². The largest absolute Gasteiger partial charge is 0.332 e. The molecular formula is C14H13ClN4O3. The van der Waals surface area contributed by atoms with Crippen molar-refractivity contribution < 1.29 is 4.79 Å². The minimum atomic E-state index is -0.719. The van der Waals surface area contributed by atoms with Gasteiger partial charge in [0.1, 0.15) is 5.82 Å². The van der Waals surface area contributed by atoms with Crippen LogP contribution in [0.3, 0.4) is 0 Å². The molecular weight excluding hydrogens is 308 g/mol. The summed E-state index contributed by atoms with van der Waals surface area (Å²) in [5, 5.41) is 5.62. The van der Waals surface area contributed by atoms with Crippen molar-refractivity contribution in [3.8, 4) is 0 Å². The highest BCUT2D eigenvalue weighted by Crippen LogP contribution is 2.31. The Bertz CT molecular complexity index is 900. The van der Waals surface area contributed by atoms with Crippen molar-refractivity contribution >= 4 is 23.4 Å². The van der Waals surface area contributed by atoms with E-state index in [4.69, 9.17) is 11.6 Å². The second kappa shape index (κ2) is 5.03. The average molecular weight is 321 g/mol. The zero-order valence-electron chi connectivity index (χ0n) is 11.9. The van der Waals surface area contributed by atoms with Gasteiger partial charge in [-0.25, -0.2) is 9.59 Å². The summed E-state index contributed by atoms with van der Waals surface area (Å²) >= 11 is 6.19. The van der Waals surface area contributed by atoms with Crippen LogP contribution in [0.25, 0.3) is 0 Å². The number of nitrogens with zero attached hydrogens (tertiary/aromatic N) is 2. The molecule has 0 unspecified atom stereocenters. The van der Waals surface area contributed by atoms with Gasteiger partial charge in [0.15, 0.2) is 0 Å². The summed E-state index contributed by atoms with van der Waals surface area (Å²) in [6.07, 6.45) is 0. The van der Waals surface area contributed by atoms with Gasteiger partial charge in [0.05, 0.1) is 11.6 Å². The summed E-state index contributed by atoms with van der Waals surface area (Å²) in [5.41, 5.74) is -0.118. The quantitative estimate of drug-likeness (QED) is 0.820. The van der Waals surface area contributed by atoms with E-state index in [1.54, 1.807) is 24.3 Å². The molecule has 1 aromatic carbocycles. The van der Waals surface area contributed by atoms with Crippen molar-refractivity contribution in [2.24, 2.45) is 14.1 Å². The van der Waals surface area contributed by atoms with Crippen LogP contribution in [0, 0.1) is 0 Å². The van der Waals surface area contributed by atoms with E-state index >= 15 is 0 Å². The molecule has 2 aromatic rings. The number of aromatic nitrogens is 2. The lowest BCUT2D eigenvalue weighted by Crippen LogP contribution is -2.49. The van der Waals surface area contributed by atoms with Gasteiger partial charge in [-0.2, -0.15) is 0 Å². The molecule has 2 N–H and O–H groups in total. The van der Waals surface area contributed by atoms with Crippen LogP contribution < -0.4 is 21.9 Å². The lowest BCUT2D eigenvalue weighted by molar-refractivity contribution is 0.248. The Morgan fingerprint density at radius 2 is 1.77 bits per heavy atom. The van der Waals surface area contributed by atoms with Gasteiger partial charge in [-0.3, -0.25) is 19.2 Å². The Labute approximate surface area is 130 Å². The third kappa shape index (κ3) is 2.01. The van der Waals surface area contributed by atoms with Crippen LogP contribution in [0.5, 0.6) is 0 Å². The molecule has 0 spiro atoms. The van der Waals surface area contributed by atoms with Gasteiger partial charge in [0.2, 0.25) is 0 Å². The first-order valence-corrected chi connectivity index (χ1v) is 6.91. The number of rotatable bonds is 1. The van der Waals surface area contributed by atoms with Gasteiger partial charge in [-0.05, 0) is 11.6 Å². The van der Waals surface area contributed by atoms with Gasteiger partial charge in [0, 0.05) is 19.1 Å². The normalized spacial score (nSPS) is 16.7. The Kier molecular flexibility index (Phi) is 3.29. The molecule has 1 aliphatic rings. The molecule has 1 aliphatic heterocycles. The lowest BCUT2D eigenvalue weighted by Gasteiger charge is -2.28. The highest BCUT2D eigenvalue weighted by atomic mass is 35.5. The SMILES string of the molecule is Cn1c2c(c(=O)n(C)c1=O)[C@@H](c1ccccc1Cl)NC(=O)N2. The molecule has 8 heteroatoms. The molecule has 0 saturated carbocycles. The molecule has 0 saturated heterocycles. The number of halogens is 1. The Morgan fingerprint density at radius 1 is 1.09 bits per heavy atom. The lowest BCUT2D eigenvalue weighted by atomic mass is 9.98. The summed E-state index contributed by atoms with van der Waals surface area (Å²) in [6.45, 7) is 0. The number of anilines is 1. The maximum atomic E-state index is 12.5. The summed E-state index contributed by atoms with van der Waals surface area (Å²) in [6, 6.07) is 5.71. The van der Waals surface area contributed by atoms with Crippen LogP contribution in [0.15, 0.2) is 33.9 Å². The molecule has 2 heterocycles. The van der Waals surface area contributed by atoms with E-state index in [1.807, 2.05) is 0 Å². The first-order valence-electron chi connectivity index (χ1n) is 6.53. The smallest absolute Gasteiger partial charge is 0.327 e. The van der Waals surface area contributed by atoms with Crippen LogP contribution >= 0.6 is 11.6 Å². The van der Waals surface area contributed by atoms with Crippen molar-refractivity contribution in [3.05, 3.63) is 61.3 Å². The van der Waals surface area contributed by atoms with Gasteiger partial charge >= 0.3 is 11.7 Å². The van der Waals surface area contributed by atoms with Gasteiger partial charge in [-0.1, -0.05) is 29.8 Å². The van der Waals surface area contributed by atoms with Crippen LogP contribution in [0.4, 0.5) is 10.6 Å². The Balaban J connectivity index is 2.36. The fourth-order valence-electron chi connectivity index (χ4n) is 2.57. The molecule has 7 nitrogen and oxygen atoms in total. The van der Waals surface area contributed by atoms with E-state index in [1.165, 1.54) is 18.7 Å². The maximum absolute atomic E-state index is 12.5. The first-order chi connectivity index (χ1) is 10.4. The van der Waals surface area contributed by atoms with Crippen LogP contribution in [0.1, 0.15) is 17.2 Å². The van der Waals surface area contributed by atoms with Gasteiger partial charge in [-0.15, -0.1) is 0 Å². The Hall–Kier alpha value is -2.54. The second-order valence-electron chi connectivity index (χ2n) is 5.02. The van der Waals surface area contributed by atoms with Gasteiger partial charge < -0.3 is 5.32 Å². The topological polar surface area (TPSA) is 85.1 Å². The summed E-state index contributed by atoms with van der Waals surface area (Å²) in [5.74, 6) is 0.182. The third-order valence-electron chi connectivity index (χ3n) is 3.71. The molecule has 114 valence electrons. The molecule has 3 rings (SSSR count). The number of nitrogens with one attached hydrogen (secondary N) is 2. The fourth-order valence-corrected chi connectivity index (χ4v) is 2.82. The predicted molar refractivity (Wildman–Crippen MR) is 82.4 cm³/mol. The van der Waals surface area contributed by atoms with Crippen LogP contribution in [0.2, 0.25) is 5.02 Å². The average Bonchev–Trinajstić information content (AvgIpc) is 2.50. The minimum absolute atomic E-state index is 0.182. The monoisotopic (exact) mass is 320 g/mol. The highest BCUT2D eigenvalue weighted by Gasteiger charge is 2.32. The van der Waals surface area contributed by atoms with E-state index in [9.17, 15) is 14.4 Å². The van der Waals surface area contributed by atoms with Crippen molar-refractivity contribution in [1.82, 2.24) is 14.5 Å². The zero-order chi connectivity index (χ0) is 16.0. The standard InChI is InChI=1S/C14H13ClN4O3/c1-18-11-9(12(20)19(2)14(18)22)10(16-13(21)17-11)7-5-3-4-6-8(7)15/h3-6,10H,1-2H3,(H2,16,17,21)/t10-/m1/s1. The van der Waals surface area contributed by atoms with E-state index in [0.717, 1.165) is 4.57 Å². The van der Waals surface area contributed by atoms with Crippen molar-refractivity contribution in [1.29, 1.82) is 0 Å². The third-order valence-corrected chi connectivity index (χ3v) is 4.06. The van der Waals surface area contributed by atoms with Crippen LogP contribution in [-0.4, -0.2) is 15.2 Å².